The summed E-state index contributed by atoms with van der Waals surface area (Å²) in [5, 5.41) is 2.54. The van der Waals surface area contributed by atoms with Gasteiger partial charge in [0.25, 0.3) is 0 Å². The molecule has 8 aromatic rings. The van der Waals surface area contributed by atoms with Gasteiger partial charge in [0.15, 0.2) is 0 Å². The molecule has 0 amide bonds. The quantitative estimate of drug-likeness (QED) is 0.179. The van der Waals surface area contributed by atoms with Gasteiger partial charge in [0, 0.05) is 11.1 Å². The highest BCUT2D eigenvalue weighted by atomic mass is 14.5. The minimum Gasteiger partial charge on any atom is -0.399 e. The molecule has 0 saturated heterocycles. The molecule has 0 fully saturated rings. The van der Waals surface area contributed by atoms with Gasteiger partial charge < -0.3 is 11.5 Å². The summed E-state index contributed by atoms with van der Waals surface area (Å²) in [6.45, 7) is 4.77. The molecule has 0 atom stereocenters. The van der Waals surface area contributed by atoms with Gasteiger partial charge in [-0.05, 0) is 110 Å². The largest absolute Gasteiger partial charge is 0.399 e. The number of nitrogens with two attached hydrogens (primary N) is 2. The molecule has 55 heavy (non-hydrogen) atoms. The third kappa shape index (κ3) is 6.04. The Kier molecular flexibility index (Phi) is 9.69. The molecule has 0 unspecified atom stereocenters. The number of aryl methyl sites for hydroxylation is 2. The van der Waals surface area contributed by atoms with Gasteiger partial charge in [-0.3, -0.25) is 0 Å². The molecule has 2 aliphatic carbocycles. The van der Waals surface area contributed by atoms with Crippen LogP contribution in [0.4, 0.5) is 5.69 Å². The summed E-state index contributed by atoms with van der Waals surface area (Å²) < 4.78 is 0. The first-order valence-corrected chi connectivity index (χ1v) is 19.4. The fourth-order valence-electron chi connectivity index (χ4n) is 9.26. The molecule has 1 spiro atoms. The highest BCUT2D eigenvalue weighted by Gasteiger charge is 2.53. The van der Waals surface area contributed by atoms with Crippen molar-refractivity contribution in [1.29, 1.82) is 0 Å². The number of rotatable bonds is 4. The molecular weight excluding hydrogens is 665 g/mol. The summed E-state index contributed by atoms with van der Waals surface area (Å²) in [7, 11) is 1.50. The van der Waals surface area contributed by atoms with E-state index in [-0.39, 0.29) is 10.8 Å². The maximum absolute atomic E-state index is 5.72. The first-order valence-electron chi connectivity index (χ1n) is 19.4. The molecule has 270 valence electrons. The first kappa shape index (κ1) is 35.8. The van der Waals surface area contributed by atoms with Crippen molar-refractivity contribution in [3.63, 3.8) is 0 Å². The van der Waals surface area contributed by atoms with Crippen LogP contribution >= 0.6 is 0 Å². The summed E-state index contributed by atoms with van der Waals surface area (Å²) in [6.07, 6.45) is 2.08. The van der Waals surface area contributed by atoms with Gasteiger partial charge in [-0.1, -0.05) is 190 Å². The lowest BCUT2D eigenvalue weighted by molar-refractivity contribution is 0.563. The Bertz CT molecular complexity index is 2540. The zero-order chi connectivity index (χ0) is 38.0. The van der Waals surface area contributed by atoms with E-state index in [2.05, 4.69) is 196 Å². The van der Waals surface area contributed by atoms with Crippen LogP contribution in [0, 0.1) is 0 Å². The van der Waals surface area contributed by atoms with Crippen molar-refractivity contribution in [2.75, 3.05) is 12.8 Å². The van der Waals surface area contributed by atoms with Crippen molar-refractivity contribution in [3.05, 3.63) is 233 Å². The number of hydrogen-bond acceptors (Lipinski definition) is 2. The van der Waals surface area contributed by atoms with Crippen molar-refractivity contribution >= 4 is 16.5 Å². The van der Waals surface area contributed by atoms with Gasteiger partial charge in [-0.2, -0.15) is 0 Å². The maximum atomic E-state index is 5.72. The summed E-state index contributed by atoms with van der Waals surface area (Å²) in [5.74, 6) is 0. The Morgan fingerprint density at radius 2 is 0.927 bits per heavy atom. The molecular formula is C53H48N2. The average molecular weight is 713 g/mol. The summed E-state index contributed by atoms with van der Waals surface area (Å²) in [6, 6.07) is 68.2. The van der Waals surface area contributed by atoms with Gasteiger partial charge in [-0.25, -0.2) is 0 Å². The standard InChI is InChI=1S/C36H30.C16H13N.CH5N/c1-35(2)29-18-8-10-20-31(29)36(32-21-11-9-19-30(32)35)28-17-7-6-16-27(28)34-26(15-12-22-33(34)36)24-23-25-13-4-3-5-14-25;17-14-10-8-13(9-11-14)16-7-3-5-12-4-1-2-6-15(12)16;1-2/h3-22H,23-24H2,1-2H3;1-11H,17H2;2H2,1H3. The molecule has 2 aliphatic rings. The fraction of sp³-hybridized carbons (Fsp3) is 0.132. The fourth-order valence-corrected chi connectivity index (χ4v) is 9.26. The van der Waals surface area contributed by atoms with E-state index in [0.717, 1.165) is 18.5 Å². The molecule has 4 N–H and O–H groups in total. The third-order valence-electron chi connectivity index (χ3n) is 11.7. The van der Waals surface area contributed by atoms with Gasteiger partial charge >= 0.3 is 0 Å². The van der Waals surface area contributed by atoms with Gasteiger partial charge in [0.2, 0.25) is 0 Å². The predicted octanol–water partition coefficient (Wildman–Crippen LogP) is 12.1. The van der Waals surface area contributed by atoms with E-state index in [1.165, 1.54) is 84.6 Å². The normalized spacial score (nSPS) is 13.6. The highest BCUT2D eigenvalue weighted by molar-refractivity contribution is 5.96. The lowest BCUT2D eigenvalue weighted by Crippen LogP contribution is -2.40. The van der Waals surface area contributed by atoms with Crippen molar-refractivity contribution in [2.24, 2.45) is 5.73 Å². The lowest BCUT2D eigenvalue weighted by Gasteiger charge is -2.46. The first-order chi connectivity index (χ1) is 27.0. The maximum Gasteiger partial charge on any atom is 0.0719 e. The molecule has 0 saturated carbocycles. The second-order valence-corrected chi connectivity index (χ2v) is 15.0. The van der Waals surface area contributed by atoms with E-state index < -0.39 is 0 Å². The van der Waals surface area contributed by atoms with Gasteiger partial charge in [0.05, 0.1) is 5.41 Å². The van der Waals surface area contributed by atoms with E-state index in [4.69, 9.17) is 5.73 Å². The Hall–Kier alpha value is -6.22. The minimum atomic E-state index is -0.294. The molecule has 10 rings (SSSR count). The van der Waals surface area contributed by atoms with Crippen molar-refractivity contribution in [3.8, 4) is 22.3 Å². The van der Waals surface area contributed by atoms with Gasteiger partial charge in [-0.15, -0.1) is 0 Å². The molecule has 8 aromatic carbocycles. The van der Waals surface area contributed by atoms with E-state index in [0.29, 0.717) is 0 Å². The zero-order valence-electron chi connectivity index (χ0n) is 32.0. The van der Waals surface area contributed by atoms with Crippen molar-refractivity contribution in [2.45, 2.75) is 37.5 Å². The molecule has 2 heteroatoms. The average Bonchev–Trinajstić information content (AvgIpc) is 3.55. The number of fused-ring (bicyclic) bond motifs is 10. The third-order valence-corrected chi connectivity index (χ3v) is 11.7. The molecule has 2 nitrogen and oxygen atoms in total. The van der Waals surface area contributed by atoms with Crippen LogP contribution in [0.5, 0.6) is 0 Å². The predicted molar refractivity (Wildman–Crippen MR) is 234 cm³/mol. The second-order valence-electron chi connectivity index (χ2n) is 15.0. The van der Waals surface area contributed by atoms with Crippen LogP contribution in [0.25, 0.3) is 33.0 Å². The molecule has 0 bridgehead atoms. The SMILES string of the molecule is CC1(C)c2ccccc2C2(c3ccccc3-c3c(CCc4ccccc4)cccc32)c2ccccc21.CN.Nc1ccc(-c2cccc3ccccc23)cc1. The van der Waals surface area contributed by atoms with E-state index in [1.54, 1.807) is 0 Å². The zero-order valence-corrected chi connectivity index (χ0v) is 32.0. The summed E-state index contributed by atoms with van der Waals surface area (Å²) >= 11 is 0. The van der Waals surface area contributed by atoms with Gasteiger partial charge in [0.1, 0.15) is 0 Å². The number of benzene rings is 8. The Morgan fingerprint density at radius 1 is 0.418 bits per heavy atom. The Balaban J connectivity index is 0.000000188. The van der Waals surface area contributed by atoms with Crippen molar-refractivity contribution < 1.29 is 0 Å². The van der Waals surface area contributed by atoms with E-state index >= 15 is 0 Å². The number of nitrogen functional groups attached to an aromatic ring is 1. The second kappa shape index (κ2) is 14.9. The van der Waals surface area contributed by atoms with Crippen LogP contribution in [-0.4, -0.2) is 7.05 Å². The molecule has 0 radical (unpaired) electrons. The summed E-state index contributed by atoms with van der Waals surface area (Å²) in [4.78, 5) is 0. The van der Waals surface area contributed by atoms with Crippen LogP contribution in [0.3, 0.4) is 0 Å². The van der Waals surface area contributed by atoms with Crippen LogP contribution in [0.1, 0.15) is 58.4 Å². The molecule has 0 aliphatic heterocycles. The van der Waals surface area contributed by atoms with Crippen LogP contribution in [-0.2, 0) is 23.7 Å². The molecule has 0 aromatic heterocycles. The lowest BCUT2D eigenvalue weighted by atomic mass is 9.55. The smallest absolute Gasteiger partial charge is 0.0719 e. The molecule has 0 heterocycles. The Morgan fingerprint density at radius 3 is 1.62 bits per heavy atom. The number of anilines is 1. The minimum absolute atomic E-state index is 0.0545. The topological polar surface area (TPSA) is 52.0 Å². The van der Waals surface area contributed by atoms with E-state index in [1.807, 2.05) is 12.1 Å². The van der Waals surface area contributed by atoms with E-state index in [9.17, 15) is 0 Å². The van der Waals surface area contributed by atoms with Crippen LogP contribution < -0.4 is 11.5 Å². The highest BCUT2D eigenvalue weighted by Crippen LogP contribution is 2.62. The van der Waals surface area contributed by atoms with Crippen LogP contribution in [0.15, 0.2) is 188 Å². The van der Waals surface area contributed by atoms with Crippen molar-refractivity contribution in [1.82, 2.24) is 0 Å². The number of hydrogen-bond donors (Lipinski definition) is 2. The monoisotopic (exact) mass is 712 g/mol. The Labute approximate surface area is 326 Å². The van der Waals surface area contributed by atoms with Crippen LogP contribution in [0.2, 0.25) is 0 Å². The summed E-state index contributed by atoms with van der Waals surface area (Å²) in [5.41, 5.74) is 27.4.